The number of pyridine rings is 1. The summed E-state index contributed by atoms with van der Waals surface area (Å²) in [6.45, 7) is 0. The van der Waals surface area contributed by atoms with Crippen LogP contribution in [0, 0.1) is 0 Å². The van der Waals surface area contributed by atoms with E-state index in [2.05, 4.69) is 9.72 Å². The van der Waals surface area contributed by atoms with E-state index in [0.29, 0.717) is 0 Å². The summed E-state index contributed by atoms with van der Waals surface area (Å²) in [5.74, 6) is -0.846. The topological polar surface area (TPSA) is 48.1 Å². The molecule has 0 atom stereocenters. The summed E-state index contributed by atoms with van der Waals surface area (Å²) in [7, 11) is 0. The summed E-state index contributed by atoms with van der Waals surface area (Å²) in [6, 6.07) is 6.25. The molecule has 2 N–H and O–H groups in total. The monoisotopic (exact) mass is 322 g/mol. The number of alkyl halides is 6. The third-order valence-corrected chi connectivity index (χ3v) is 2.58. The molecule has 0 unspecified atom stereocenters. The van der Waals surface area contributed by atoms with Gasteiger partial charge in [-0.2, -0.15) is 13.2 Å². The number of nitrogens with zero attached hydrogens (tertiary/aromatic N) is 1. The fraction of sp³-hybridized carbons (Fsp3) is 0.154. The maximum Gasteiger partial charge on any atom is 0.573 e. The number of benzene rings is 1. The lowest BCUT2D eigenvalue weighted by Gasteiger charge is -2.13. The fourth-order valence-electron chi connectivity index (χ4n) is 1.76. The standard InChI is InChI=1S/C13H8F6N2O/c14-12(15,16)11-9(5-6-10(20)21-11)7-1-3-8(4-2-7)22-13(17,18)19/h1-6H,(H2,20,21). The Balaban J connectivity index is 2.41. The Morgan fingerprint density at radius 2 is 1.45 bits per heavy atom. The molecule has 0 fully saturated rings. The Labute approximate surface area is 120 Å². The molecule has 0 aliphatic heterocycles. The molecule has 2 rings (SSSR count). The van der Waals surface area contributed by atoms with Gasteiger partial charge in [-0.3, -0.25) is 0 Å². The van der Waals surface area contributed by atoms with Gasteiger partial charge in [-0.05, 0) is 29.8 Å². The molecule has 3 nitrogen and oxygen atoms in total. The summed E-state index contributed by atoms with van der Waals surface area (Å²) in [5, 5.41) is 0. The second-order valence-electron chi connectivity index (χ2n) is 4.20. The van der Waals surface area contributed by atoms with Crippen molar-refractivity contribution in [3.8, 4) is 16.9 Å². The number of nitrogens with two attached hydrogens (primary N) is 1. The van der Waals surface area contributed by atoms with Gasteiger partial charge in [0.05, 0.1) is 0 Å². The maximum atomic E-state index is 12.9. The van der Waals surface area contributed by atoms with Crippen LogP contribution in [0.1, 0.15) is 5.69 Å². The average molecular weight is 322 g/mol. The predicted octanol–water partition coefficient (Wildman–Crippen LogP) is 4.25. The number of halogens is 6. The van der Waals surface area contributed by atoms with Crippen LogP contribution < -0.4 is 10.5 Å². The minimum absolute atomic E-state index is 0.0364. The maximum absolute atomic E-state index is 12.9. The summed E-state index contributed by atoms with van der Waals surface area (Å²) in [4.78, 5) is 3.24. The summed E-state index contributed by atoms with van der Waals surface area (Å²) < 4.78 is 78.5. The van der Waals surface area contributed by atoms with Gasteiger partial charge in [-0.1, -0.05) is 12.1 Å². The molecular formula is C13H8F6N2O. The van der Waals surface area contributed by atoms with E-state index in [1.54, 1.807) is 0 Å². The van der Waals surface area contributed by atoms with E-state index in [1.165, 1.54) is 6.07 Å². The Kier molecular flexibility index (Phi) is 3.90. The number of ether oxygens (including phenoxy) is 1. The number of nitrogen functional groups attached to an aromatic ring is 1. The molecule has 0 aliphatic carbocycles. The highest BCUT2D eigenvalue weighted by Gasteiger charge is 2.36. The van der Waals surface area contributed by atoms with Gasteiger partial charge < -0.3 is 10.5 Å². The minimum Gasteiger partial charge on any atom is -0.406 e. The van der Waals surface area contributed by atoms with Crippen molar-refractivity contribution in [2.45, 2.75) is 12.5 Å². The molecule has 118 valence electrons. The fourth-order valence-corrected chi connectivity index (χ4v) is 1.76. The van der Waals surface area contributed by atoms with Crippen molar-refractivity contribution >= 4 is 5.82 Å². The van der Waals surface area contributed by atoms with Gasteiger partial charge in [0.25, 0.3) is 0 Å². The van der Waals surface area contributed by atoms with Crippen LogP contribution in [-0.4, -0.2) is 11.3 Å². The first-order valence-corrected chi connectivity index (χ1v) is 5.76. The van der Waals surface area contributed by atoms with Crippen molar-refractivity contribution in [1.82, 2.24) is 4.98 Å². The average Bonchev–Trinajstić information content (AvgIpc) is 2.37. The molecule has 1 aromatic carbocycles. The van der Waals surface area contributed by atoms with E-state index in [4.69, 9.17) is 5.73 Å². The molecule has 1 aromatic heterocycles. The van der Waals surface area contributed by atoms with Crippen molar-refractivity contribution < 1.29 is 31.1 Å². The smallest absolute Gasteiger partial charge is 0.406 e. The van der Waals surface area contributed by atoms with Crippen molar-refractivity contribution in [2.24, 2.45) is 0 Å². The molecular weight excluding hydrogens is 314 g/mol. The Bertz CT molecular complexity index is 664. The molecule has 0 saturated heterocycles. The molecule has 2 aromatic rings. The highest BCUT2D eigenvalue weighted by molar-refractivity contribution is 5.68. The molecule has 0 bridgehead atoms. The van der Waals surface area contributed by atoms with E-state index in [0.717, 1.165) is 30.3 Å². The van der Waals surface area contributed by atoms with Crippen molar-refractivity contribution in [3.05, 3.63) is 42.1 Å². The van der Waals surface area contributed by atoms with Gasteiger partial charge in [0.2, 0.25) is 0 Å². The minimum atomic E-state index is -4.87. The largest absolute Gasteiger partial charge is 0.573 e. The number of anilines is 1. The first kappa shape index (κ1) is 15.9. The van der Waals surface area contributed by atoms with Crippen LogP contribution in [0.25, 0.3) is 11.1 Å². The van der Waals surface area contributed by atoms with Gasteiger partial charge in [0.15, 0.2) is 5.69 Å². The number of hydrogen-bond acceptors (Lipinski definition) is 3. The van der Waals surface area contributed by atoms with Gasteiger partial charge in [0, 0.05) is 5.56 Å². The SMILES string of the molecule is Nc1ccc(-c2ccc(OC(F)(F)F)cc2)c(C(F)(F)F)n1. The zero-order chi connectivity index (χ0) is 16.5. The number of hydrogen-bond donors (Lipinski definition) is 1. The zero-order valence-corrected chi connectivity index (χ0v) is 10.7. The molecule has 0 saturated carbocycles. The lowest BCUT2D eigenvalue weighted by atomic mass is 10.0. The number of aromatic nitrogens is 1. The van der Waals surface area contributed by atoms with E-state index in [1.807, 2.05) is 0 Å². The number of rotatable bonds is 2. The van der Waals surface area contributed by atoms with Crippen LogP contribution in [0.2, 0.25) is 0 Å². The highest BCUT2D eigenvalue weighted by Crippen LogP contribution is 2.37. The quantitative estimate of drug-likeness (QED) is 0.841. The van der Waals surface area contributed by atoms with Gasteiger partial charge >= 0.3 is 12.5 Å². The summed E-state index contributed by atoms with van der Waals surface area (Å²) >= 11 is 0. The first-order chi connectivity index (χ1) is 10.1. The van der Waals surface area contributed by atoms with Crippen LogP contribution in [0.5, 0.6) is 5.75 Å². The molecule has 22 heavy (non-hydrogen) atoms. The van der Waals surface area contributed by atoms with E-state index in [-0.39, 0.29) is 16.9 Å². The molecule has 0 spiro atoms. The van der Waals surface area contributed by atoms with Crippen LogP contribution in [0.15, 0.2) is 36.4 Å². The highest BCUT2D eigenvalue weighted by atomic mass is 19.4. The van der Waals surface area contributed by atoms with Crippen LogP contribution in [0.4, 0.5) is 32.2 Å². The predicted molar refractivity (Wildman–Crippen MR) is 65.8 cm³/mol. The van der Waals surface area contributed by atoms with Crippen molar-refractivity contribution in [3.63, 3.8) is 0 Å². The van der Waals surface area contributed by atoms with Gasteiger partial charge in [-0.25, -0.2) is 4.98 Å². The Hall–Kier alpha value is -2.45. The second kappa shape index (κ2) is 5.39. The van der Waals surface area contributed by atoms with Gasteiger partial charge in [0.1, 0.15) is 11.6 Å². The molecule has 0 amide bonds. The van der Waals surface area contributed by atoms with E-state index >= 15 is 0 Å². The van der Waals surface area contributed by atoms with Crippen LogP contribution >= 0.6 is 0 Å². The van der Waals surface area contributed by atoms with Crippen molar-refractivity contribution in [2.75, 3.05) is 5.73 Å². The van der Waals surface area contributed by atoms with E-state index in [9.17, 15) is 26.3 Å². The molecule has 1 heterocycles. The first-order valence-electron chi connectivity index (χ1n) is 5.76. The lowest BCUT2D eigenvalue weighted by molar-refractivity contribution is -0.274. The van der Waals surface area contributed by atoms with E-state index < -0.39 is 24.0 Å². The summed E-state index contributed by atoms with van der Waals surface area (Å²) in [6.07, 6.45) is -9.62. The van der Waals surface area contributed by atoms with Crippen molar-refractivity contribution in [1.29, 1.82) is 0 Å². The third-order valence-electron chi connectivity index (χ3n) is 2.58. The molecule has 9 heteroatoms. The molecule has 0 aliphatic rings. The zero-order valence-electron chi connectivity index (χ0n) is 10.7. The third kappa shape index (κ3) is 3.80. The lowest BCUT2D eigenvalue weighted by Crippen LogP contribution is -2.17. The van der Waals surface area contributed by atoms with Crippen LogP contribution in [0.3, 0.4) is 0 Å². The Morgan fingerprint density at radius 3 is 1.95 bits per heavy atom. The summed E-state index contributed by atoms with van der Waals surface area (Å²) in [5.41, 5.74) is 3.77. The van der Waals surface area contributed by atoms with Gasteiger partial charge in [-0.15, -0.1) is 13.2 Å². The molecule has 0 radical (unpaired) electrons. The normalized spacial score (nSPS) is 12.3. The van der Waals surface area contributed by atoms with Crippen LogP contribution in [-0.2, 0) is 6.18 Å². The second-order valence-corrected chi connectivity index (χ2v) is 4.20. The Morgan fingerprint density at radius 1 is 0.864 bits per heavy atom.